The summed E-state index contributed by atoms with van der Waals surface area (Å²) in [6, 6.07) is 20.7. The summed E-state index contributed by atoms with van der Waals surface area (Å²) in [5.41, 5.74) is 5.10. The van der Waals surface area contributed by atoms with Gasteiger partial charge in [-0.3, -0.25) is 5.32 Å². The van der Waals surface area contributed by atoms with Gasteiger partial charge < -0.3 is 9.84 Å². The second kappa shape index (κ2) is 7.53. The first-order valence-electron chi connectivity index (χ1n) is 9.72. The Morgan fingerprint density at radius 3 is 2.29 bits per heavy atom. The number of carboxylic acid groups (broad SMARTS) is 1. The molecule has 0 spiro atoms. The number of aromatic nitrogens is 2. The molecule has 7 nitrogen and oxygen atoms in total. The Morgan fingerprint density at radius 1 is 0.935 bits per heavy atom. The summed E-state index contributed by atoms with van der Waals surface area (Å²) in [6.07, 6.45) is 0.636. The van der Waals surface area contributed by atoms with Gasteiger partial charge in [-0.2, -0.15) is 0 Å². The summed E-state index contributed by atoms with van der Waals surface area (Å²) in [5, 5.41) is 12.3. The number of rotatable bonds is 4. The number of hydrogen-bond acceptors (Lipinski definition) is 5. The molecule has 7 heteroatoms. The number of fused-ring (bicyclic) bond motifs is 4. The number of benzene rings is 3. The van der Waals surface area contributed by atoms with Crippen molar-refractivity contribution in [2.75, 3.05) is 11.9 Å². The van der Waals surface area contributed by atoms with Gasteiger partial charge in [0.25, 0.3) is 0 Å². The van der Waals surface area contributed by atoms with Crippen LogP contribution >= 0.6 is 0 Å². The monoisotopic (exact) mass is 411 g/mol. The minimum absolute atomic E-state index is 0.0431. The van der Waals surface area contributed by atoms with Crippen LogP contribution in [0.2, 0.25) is 0 Å². The van der Waals surface area contributed by atoms with E-state index in [0.717, 1.165) is 22.3 Å². The quantitative estimate of drug-likeness (QED) is 0.505. The van der Waals surface area contributed by atoms with Gasteiger partial charge in [0.15, 0.2) is 0 Å². The highest BCUT2D eigenvalue weighted by Crippen LogP contribution is 2.44. The van der Waals surface area contributed by atoms with Crippen molar-refractivity contribution in [1.29, 1.82) is 0 Å². The lowest BCUT2D eigenvalue weighted by Crippen LogP contribution is -2.18. The predicted octanol–water partition coefficient (Wildman–Crippen LogP) is 4.69. The number of anilines is 1. The molecule has 1 aliphatic rings. The molecule has 0 fully saturated rings. The Hall–Kier alpha value is -4.26. The smallest absolute Gasteiger partial charge is 0.412 e. The van der Waals surface area contributed by atoms with E-state index in [4.69, 9.17) is 9.84 Å². The first-order valence-corrected chi connectivity index (χ1v) is 9.72. The van der Waals surface area contributed by atoms with E-state index in [-0.39, 0.29) is 23.9 Å². The molecule has 0 unspecified atom stereocenters. The zero-order chi connectivity index (χ0) is 21.4. The average Bonchev–Trinajstić information content (AvgIpc) is 3.11. The van der Waals surface area contributed by atoms with Crippen LogP contribution in [0.3, 0.4) is 0 Å². The van der Waals surface area contributed by atoms with E-state index in [1.807, 2.05) is 24.3 Å². The molecule has 1 amide bonds. The Balaban J connectivity index is 1.35. The third-order valence-corrected chi connectivity index (χ3v) is 5.45. The summed E-state index contributed by atoms with van der Waals surface area (Å²) >= 11 is 0. The normalized spacial score (nSPS) is 12.3. The maximum atomic E-state index is 12.5. The van der Waals surface area contributed by atoms with E-state index in [1.165, 1.54) is 18.5 Å². The third-order valence-electron chi connectivity index (χ3n) is 5.45. The number of carboxylic acids is 1. The van der Waals surface area contributed by atoms with Crippen LogP contribution in [0.1, 0.15) is 27.4 Å². The van der Waals surface area contributed by atoms with Gasteiger partial charge in [-0.05, 0) is 40.5 Å². The highest BCUT2D eigenvalue weighted by molar-refractivity contribution is 5.99. The van der Waals surface area contributed by atoms with Crippen molar-refractivity contribution in [2.45, 2.75) is 5.92 Å². The van der Waals surface area contributed by atoms with Crippen molar-refractivity contribution in [3.63, 3.8) is 0 Å². The Bertz CT molecular complexity index is 1290. The molecule has 0 atom stereocenters. The Morgan fingerprint density at radius 2 is 1.61 bits per heavy atom. The van der Waals surface area contributed by atoms with E-state index in [1.54, 1.807) is 6.07 Å². The van der Waals surface area contributed by atoms with Crippen LogP contribution in [0.5, 0.6) is 0 Å². The molecule has 152 valence electrons. The van der Waals surface area contributed by atoms with E-state index in [2.05, 4.69) is 39.6 Å². The summed E-state index contributed by atoms with van der Waals surface area (Å²) in [7, 11) is 0. The van der Waals surface area contributed by atoms with E-state index in [0.29, 0.717) is 10.9 Å². The second-order valence-electron chi connectivity index (χ2n) is 7.21. The van der Waals surface area contributed by atoms with E-state index < -0.39 is 12.1 Å². The Kier molecular flexibility index (Phi) is 4.55. The molecule has 0 aliphatic heterocycles. The van der Waals surface area contributed by atoms with Crippen LogP contribution in [0.15, 0.2) is 73.1 Å². The summed E-state index contributed by atoms with van der Waals surface area (Å²) in [4.78, 5) is 31.9. The van der Waals surface area contributed by atoms with Gasteiger partial charge in [-0.1, -0.05) is 48.5 Å². The summed E-state index contributed by atoms with van der Waals surface area (Å²) in [6.45, 7) is 0.187. The fraction of sp³-hybridized carbons (Fsp3) is 0.0833. The molecule has 0 saturated heterocycles. The lowest BCUT2D eigenvalue weighted by Gasteiger charge is -2.14. The van der Waals surface area contributed by atoms with E-state index >= 15 is 0 Å². The number of hydrogen-bond donors (Lipinski definition) is 2. The fourth-order valence-corrected chi connectivity index (χ4v) is 4.02. The zero-order valence-corrected chi connectivity index (χ0v) is 16.3. The van der Waals surface area contributed by atoms with Crippen molar-refractivity contribution < 1.29 is 19.4 Å². The predicted molar refractivity (Wildman–Crippen MR) is 115 cm³/mol. The summed E-state index contributed by atoms with van der Waals surface area (Å²) in [5.74, 6) is -0.830. The molecular weight excluding hydrogens is 394 g/mol. The number of nitrogens with one attached hydrogen (secondary N) is 1. The van der Waals surface area contributed by atoms with E-state index in [9.17, 15) is 9.59 Å². The molecule has 0 radical (unpaired) electrons. The van der Waals surface area contributed by atoms with Crippen LogP contribution in [0, 0.1) is 0 Å². The SMILES string of the molecule is O=C(Nc1ncnc2cc(C(=O)O)ccc12)OCC1c2ccccc2-c2ccccc21. The molecule has 1 aliphatic carbocycles. The van der Waals surface area contributed by atoms with Gasteiger partial charge >= 0.3 is 12.1 Å². The summed E-state index contributed by atoms with van der Waals surface area (Å²) < 4.78 is 5.55. The van der Waals surface area contributed by atoms with Gasteiger partial charge in [0.05, 0.1) is 11.1 Å². The van der Waals surface area contributed by atoms with Gasteiger partial charge in [-0.25, -0.2) is 19.6 Å². The maximum Gasteiger partial charge on any atom is 0.412 e. The molecule has 5 rings (SSSR count). The van der Waals surface area contributed by atoms with Crippen LogP contribution in [0.25, 0.3) is 22.0 Å². The molecular formula is C24H17N3O4. The highest BCUT2D eigenvalue weighted by atomic mass is 16.5. The van der Waals surface area contributed by atoms with Crippen molar-refractivity contribution in [2.24, 2.45) is 0 Å². The number of ether oxygens (including phenoxy) is 1. The third kappa shape index (κ3) is 3.36. The van der Waals surface area contributed by atoms with Crippen molar-refractivity contribution in [3.05, 3.63) is 89.7 Å². The highest BCUT2D eigenvalue weighted by Gasteiger charge is 2.29. The van der Waals surface area contributed by atoms with Gasteiger partial charge in [0, 0.05) is 11.3 Å². The number of nitrogens with zero attached hydrogens (tertiary/aromatic N) is 2. The number of carbonyl (C=O) groups is 2. The molecule has 31 heavy (non-hydrogen) atoms. The molecule has 0 bridgehead atoms. The average molecular weight is 411 g/mol. The van der Waals surface area contributed by atoms with Crippen LogP contribution in [-0.4, -0.2) is 33.7 Å². The molecule has 4 aromatic rings. The number of aromatic carboxylic acids is 1. The van der Waals surface area contributed by atoms with Crippen molar-refractivity contribution in [3.8, 4) is 11.1 Å². The fourth-order valence-electron chi connectivity index (χ4n) is 4.02. The van der Waals surface area contributed by atoms with Gasteiger partial charge in [0.2, 0.25) is 0 Å². The minimum Gasteiger partial charge on any atom is -0.478 e. The van der Waals surface area contributed by atoms with Crippen molar-refractivity contribution in [1.82, 2.24) is 9.97 Å². The topological polar surface area (TPSA) is 101 Å². The second-order valence-corrected chi connectivity index (χ2v) is 7.21. The molecule has 1 aromatic heterocycles. The minimum atomic E-state index is -1.05. The van der Waals surface area contributed by atoms with Crippen LogP contribution < -0.4 is 5.32 Å². The first-order chi connectivity index (χ1) is 15.1. The molecule has 2 N–H and O–H groups in total. The Labute approximate surface area is 177 Å². The van der Waals surface area contributed by atoms with Gasteiger partial charge in [0.1, 0.15) is 18.8 Å². The van der Waals surface area contributed by atoms with Crippen LogP contribution in [0.4, 0.5) is 10.6 Å². The largest absolute Gasteiger partial charge is 0.478 e. The zero-order valence-electron chi connectivity index (χ0n) is 16.3. The van der Waals surface area contributed by atoms with Crippen molar-refractivity contribution >= 4 is 28.8 Å². The molecule has 3 aromatic carbocycles. The number of carbonyl (C=O) groups excluding carboxylic acids is 1. The standard InChI is InChI=1S/C24H17N3O4/c28-23(29)14-9-10-19-21(11-14)25-13-26-22(19)27-24(30)31-12-20-17-7-3-1-5-15(17)16-6-2-4-8-18(16)20/h1-11,13,20H,12H2,(H,28,29)(H,25,26,27,30). The lowest BCUT2D eigenvalue weighted by atomic mass is 9.98. The number of amides is 1. The maximum absolute atomic E-state index is 12.5. The van der Waals surface area contributed by atoms with Gasteiger partial charge in [-0.15, -0.1) is 0 Å². The lowest BCUT2D eigenvalue weighted by molar-refractivity contribution is 0.0697. The van der Waals surface area contributed by atoms with Crippen LogP contribution in [-0.2, 0) is 4.74 Å². The molecule has 0 saturated carbocycles. The first kappa shape index (κ1) is 18.7. The molecule has 1 heterocycles.